The number of carbonyl (C=O) groups is 1. The van der Waals surface area contributed by atoms with E-state index in [0.29, 0.717) is 22.6 Å². The molecular formula is C28H37N3O3S2. The van der Waals surface area contributed by atoms with Crippen LogP contribution in [0.2, 0.25) is 0 Å². The molecule has 0 aromatic heterocycles. The van der Waals surface area contributed by atoms with E-state index < -0.39 is 11.4 Å². The number of thioether (sulfide) groups is 1. The maximum absolute atomic E-state index is 13.6. The smallest absolute Gasteiger partial charge is 0.257 e. The molecule has 2 heterocycles. The fourth-order valence-corrected chi connectivity index (χ4v) is 7.36. The molecule has 3 atom stereocenters. The van der Waals surface area contributed by atoms with E-state index in [9.17, 15) is 14.5 Å². The standard InChI is InChI=1S/C28H37N3O3S2/c1-27(2,3)36(34)31-11-9-19-5-6-21(15-24(19)31)29-26(33)23-8-7-22(35-14-13-32)16-25(23)30-12-10-28(4)17-20(28)18-30/h5-8,15-16,20,32H,9-14,17-18H2,1-4H3,(H,29,33). The molecule has 8 heteroatoms. The number of anilines is 3. The van der Waals surface area contributed by atoms with Crippen molar-refractivity contribution in [2.24, 2.45) is 11.3 Å². The maximum atomic E-state index is 13.6. The summed E-state index contributed by atoms with van der Waals surface area (Å²) >= 11 is 0.456. The van der Waals surface area contributed by atoms with Crippen molar-refractivity contribution in [2.75, 3.05) is 46.5 Å². The molecule has 36 heavy (non-hydrogen) atoms. The Balaban J connectivity index is 1.39. The minimum Gasteiger partial charge on any atom is -0.593 e. The van der Waals surface area contributed by atoms with Crippen molar-refractivity contribution >= 4 is 46.1 Å². The summed E-state index contributed by atoms with van der Waals surface area (Å²) in [5, 5.41) is 12.4. The molecule has 2 aliphatic heterocycles. The minimum absolute atomic E-state index is 0.127. The average molecular weight is 528 g/mol. The largest absolute Gasteiger partial charge is 0.593 e. The summed E-state index contributed by atoms with van der Waals surface area (Å²) in [7, 11) is 0. The van der Waals surface area contributed by atoms with Crippen LogP contribution in [0.3, 0.4) is 0 Å². The molecule has 194 valence electrons. The predicted octanol–water partition coefficient (Wildman–Crippen LogP) is 5.08. The highest BCUT2D eigenvalue weighted by atomic mass is 32.2. The number of benzene rings is 2. The number of rotatable bonds is 7. The van der Waals surface area contributed by atoms with Gasteiger partial charge in [0.15, 0.2) is 0 Å². The van der Waals surface area contributed by atoms with Crippen LogP contribution in [0.1, 0.15) is 56.5 Å². The van der Waals surface area contributed by atoms with Crippen molar-refractivity contribution in [1.29, 1.82) is 0 Å². The van der Waals surface area contributed by atoms with Crippen LogP contribution in [0.15, 0.2) is 41.3 Å². The molecule has 6 nitrogen and oxygen atoms in total. The molecule has 1 aliphatic carbocycles. The first-order valence-corrected chi connectivity index (χ1v) is 14.9. The molecule has 1 saturated heterocycles. The van der Waals surface area contributed by atoms with Gasteiger partial charge in [0.1, 0.15) is 4.75 Å². The first-order chi connectivity index (χ1) is 17.1. The van der Waals surface area contributed by atoms with E-state index in [-0.39, 0.29) is 17.3 Å². The molecule has 2 fully saturated rings. The van der Waals surface area contributed by atoms with E-state index >= 15 is 0 Å². The summed E-state index contributed by atoms with van der Waals surface area (Å²) < 4.78 is 14.7. The number of aliphatic hydroxyl groups excluding tert-OH is 1. The summed E-state index contributed by atoms with van der Waals surface area (Å²) in [6.07, 6.45) is 3.28. The first kappa shape index (κ1) is 25.8. The number of piperidine rings is 1. The fraction of sp³-hybridized carbons (Fsp3) is 0.536. The van der Waals surface area contributed by atoms with E-state index in [1.165, 1.54) is 6.42 Å². The number of nitrogens with zero attached hydrogens (tertiary/aromatic N) is 2. The van der Waals surface area contributed by atoms with Gasteiger partial charge in [0, 0.05) is 29.4 Å². The van der Waals surface area contributed by atoms with E-state index in [1.54, 1.807) is 11.8 Å². The topological polar surface area (TPSA) is 78.9 Å². The summed E-state index contributed by atoms with van der Waals surface area (Å²) in [4.78, 5) is 17.0. The van der Waals surface area contributed by atoms with Gasteiger partial charge < -0.3 is 19.9 Å². The van der Waals surface area contributed by atoms with E-state index in [4.69, 9.17) is 0 Å². The van der Waals surface area contributed by atoms with Crippen LogP contribution in [0.25, 0.3) is 0 Å². The third kappa shape index (κ3) is 5.10. The maximum Gasteiger partial charge on any atom is 0.257 e. The fourth-order valence-electron chi connectivity index (χ4n) is 5.41. The lowest BCUT2D eigenvalue weighted by atomic mass is 9.96. The number of aliphatic hydroxyl groups is 1. The number of hydrogen-bond donors (Lipinski definition) is 2. The van der Waals surface area contributed by atoms with Crippen LogP contribution >= 0.6 is 11.8 Å². The number of carbonyl (C=O) groups excluding carboxylic acids is 1. The van der Waals surface area contributed by atoms with Crippen LogP contribution in [-0.4, -0.2) is 52.3 Å². The Morgan fingerprint density at radius 2 is 2.03 bits per heavy atom. The highest BCUT2D eigenvalue weighted by molar-refractivity contribution is 7.99. The van der Waals surface area contributed by atoms with Gasteiger partial charge in [-0.2, -0.15) is 4.31 Å². The van der Waals surface area contributed by atoms with Crippen LogP contribution in [-0.2, 0) is 17.8 Å². The second-order valence-corrected chi connectivity index (χ2v) is 14.8. The molecule has 0 bridgehead atoms. The van der Waals surface area contributed by atoms with Gasteiger partial charge in [0.05, 0.1) is 41.5 Å². The number of hydrogen-bond acceptors (Lipinski definition) is 6. The average Bonchev–Trinajstić information content (AvgIpc) is 3.35. The van der Waals surface area contributed by atoms with Gasteiger partial charge in [-0.25, -0.2) is 0 Å². The lowest BCUT2D eigenvalue weighted by Gasteiger charge is -2.33. The molecule has 2 aromatic carbocycles. The monoisotopic (exact) mass is 527 g/mol. The molecule has 5 rings (SSSR count). The third-order valence-electron chi connectivity index (χ3n) is 7.77. The second kappa shape index (κ2) is 9.78. The third-order valence-corrected chi connectivity index (χ3v) is 10.6. The van der Waals surface area contributed by atoms with Crippen molar-refractivity contribution in [1.82, 2.24) is 0 Å². The lowest BCUT2D eigenvalue weighted by Crippen LogP contribution is -2.42. The van der Waals surface area contributed by atoms with Gasteiger partial charge in [-0.15, -0.1) is 11.8 Å². The molecule has 0 spiro atoms. The molecule has 0 radical (unpaired) electrons. The Hall–Kier alpha value is -1.87. The van der Waals surface area contributed by atoms with Crippen molar-refractivity contribution in [2.45, 2.75) is 56.6 Å². The molecule has 2 N–H and O–H groups in total. The van der Waals surface area contributed by atoms with Crippen LogP contribution in [0.5, 0.6) is 0 Å². The summed E-state index contributed by atoms with van der Waals surface area (Å²) in [6, 6.07) is 11.9. The van der Waals surface area contributed by atoms with Gasteiger partial charge in [0.2, 0.25) is 0 Å². The Morgan fingerprint density at radius 1 is 1.22 bits per heavy atom. The molecule has 1 amide bonds. The van der Waals surface area contributed by atoms with E-state index in [1.807, 2.05) is 55.4 Å². The predicted molar refractivity (Wildman–Crippen MR) is 151 cm³/mol. The Morgan fingerprint density at radius 3 is 2.75 bits per heavy atom. The Labute approximate surface area is 222 Å². The van der Waals surface area contributed by atoms with Crippen LogP contribution in [0.4, 0.5) is 17.1 Å². The first-order valence-electron chi connectivity index (χ1n) is 12.9. The van der Waals surface area contributed by atoms with Gasteiger partial charge in [-0.05, 0) is 87.3 Å². The van der Waals surface area contributed by atoms with Gasteiger partial charge in [-0.1, -0.05) is 13.0 Å². The summed E-state index contributed by atoms with van der Waals surface area (Å²) in [5.74, 6) is 1.20. The van der Waals surface area contributed by atoms with Crippen molar-refractivity contribution in [3.8, 4) is 0 Å². The summed E-state index contributed by atoms with van der Waals surface area (Å²) in [5.41, 5.74) is 4.95. The van der Waals surface area contributed by atoms with Crippen LogP contribution in [0, 0.1) is 11.3 Å². The molecule has 1 saturated carbocycles. The normalized spacial score (nSPS) is 23.8. The zero-order chi connectivity index (χ0) is 25.7. The molecule has 3 aliphatic rings. The zero-order valence-electron chi connectivity index (χ0n) is 21.7. The van der Waals surface area contributed by atoms with Gasteiger partial charge >= 0.3 is 0 Å². The minimum atomic E-state index is -1.15. The molecule has 2 aromatic rings. The molecule has 3 unspecified atom stereocenters. The number of nitrogens with one attached hydrogen (secondary N) is 1. The van der Waals surface area contributed by atoms with Gasteiger partial charge in [0.25, 0.3) is 5.91 Å². The summed E-state index contributed by atoms with van der Waals surface area (Å²) in [6.45, 7) is 11.1. The lowest BCUT2D eigenvalue weighted by molar-refractivity contribution is 0.102. The second-order valence-electron chi connectivity index (χ2n) is 11.5. The molecular weight excluding hydrogens is 490 g/mol. The van der Waals surface area contributed by atoms with Crippen molar-refractivity contribution < 1.29 is 14.5 Å². The SMILES string of the molecule is CC12CCN(c3cc(SCCO)ccc3C(=O)Nc3ccc4c(c3)N([S+]([O-])C(C)(C)C)CC4)CC1C2. The van der Waals surface area contributed by atoms with Crippen molar-refractivity contribution in [3.63, 3.8) is 0 Å². The number of amides is 1. The quantitative estimate of drug-likeness (QED) is 0.386. The Kier molecular flexibility index (Phi) is 7.00. The van der Waals surface area contributed by atoms with E-state index in [2.05, 4.69) is 23.2 Å². The highest BCUT2D eigenvalue weighted by Gasteiger charge is 2.52. The van der Waals surface area contributed by atoms with E-state index in [0.717, 1.165) is 60.0 Å². The Bertz CT molecular complexity index is 1150. The van der Waals surface area contributed by atoms with Crippen molar-refractivity contribution in [3.05, 3.63) is 47.5 Å². The number of fused-ring (bicyclic) bond motifs is 2. The van der Waals surface area contributed by atoms with Crippen LogP contribution < -0.4 is 14.5 Å². The van der Waals surface area contributed by atoms with Gasteiger partial charge in [-0.3, -0.25) is 4.79 Å². The zero-order valence-corrected chi connectivity index (χ0v) is 23.3. The highest BCUT2D eigenvalue weighted by Crippen LogP contribution is 2.58.